The normalized spacial score (nSPS) is 22.1. The number of anilines is 1. The maximum Gasteiger partial charge on any atom is 0.308 e. The van der Waals surface area contributed by atoms with Gasteiger partial charge in [-0.3, -0.25) is 4.79 Å². The molecule has 1 aliphatic carbocycles. The Labute approximate surface area is 118 Å². The van der Waals surface area contributed by atoms with Crippen LogP contribution in [0.4, 0.5) is 5.82 Å². The first kappa shape index (κ1) is 14.6. The van der Waals surface area contributed by atoms with E-state index in [9.17, 15) is 4.79 Å². The van der Waals surface area contributed by atoms with Crippen molar-refractivity contribution in [3.8, 4) is 5.88 Å². The first-order valence-electron chi connectivity index (χ1n) is 7.02. The largest absolute Gasteiger partial charge is 0.478 e. The van der Waals surface area contributed by atoms with E-state index < -0.39 is 0 Å². The van der Waals surface area contributed by atoms with Crippen molar-refractivity contribution in [2.75, 3.05) is 19.0 Å². The molecule has 0 aliphatic heterocycles. The first-order valence-corrected chi connectivity index (χ1v) is 7.02. The van der Waals surface area contributed by atoms with E-state index in [1.807, 2.05) is 6.92 Å². The maximum absolute atomic E-state index is 11.5. The van der Waals surface area contributed by atoms with E-state index in [-0.39, 0.29) is 11.9 Å². The molecule has 2 rings (SSSR count). The van der Waals surface area contributed by atoms with Crippen LogP contribution in [0.25, 0.3) is 0 Å². The van der Waals surface area contributed by atoms with Gasteiger partial charge in [0.25, 0.3) is 0 Å². The molecule has 0 aromatic carbocycles. The fraction of sp³-hybridized carbons (Fsp3) is 0.643. The van der Waals surface area contributed by atoms with E-state index >= 15 is 0 Å². The van der Waals surface area contributed by atoms with Crippen molar-refractivity contribution in [3.05, 3.63) is 12.4 Å². The van der Waals surface area contributed by atoms with Crippen LogP contribution < -0.4 is 10.1 Å². The Morgan fingerprint density at radius 1 is 1.35 bits per heavy atom. The lowest BCUT2D eigenvalue weighted by molar-refractivity contribution is -0.146. The molecule has 0 spiro atoms. The molecule has 1 aliphatic rings. The predicted octanol–water partition coefficient (Wildman–Crippen LogP) is 2.02. The van der Waals surface area contributed by atoms with Gasteiger partial charge in [-0.2, -0.15) is 0 Å². The second kappa shape index (κ2) is 7.07. The molecule has 0 radical (unpaired) electrons. The number of hydrogen-bond acceptors (Lipinski definition) is 6. The van der Waals surface area contributed by atoms with Crippen LogP contribution in [0, 0.1) is 5.92 Å². The summed E-state index contributed by atoms with van der Waals surface area (Å²) >= 11 is 0. The molecular formula is C14H21N3O3. The Bertz CT molecular complexity index is 445. The van der Waals surface area contributed by atoms with Crippen molar-refractivity contribution in [2.24, 2.45) is 5.92 Å². The number of ether oxygens (including phenoxy) is 2. The molecule has 1 N–H and O–H groups in total. The number of carbonyl (C=O) groups excluding carboxylic acids is 1. The van der Waals surface area contributed by atoms with Gasteiger partial charge in [-0.15, -0.1) is 0 Å². The van der Waals surface area contributed by atoms with Crippen LogP contribution in [-0.4, -0.2) is 35.7 Å². The van der Waals surface area contributed by atoms with Gasteiger partial charge in [0.2, 0.25) is 5.88 Å². The molecule has 1 aromatic rings. The van der Waals surface area contributed by atoms with Crippen molar-refractivity contribution < 1.29 is 14.3 Å². The van der Waals surface area contributed by atoms with Gasteiger partial charge in [0.05, 0.1) is 19.6 Å². The SMILES string of the molecule is CCOc1cc(NC2CCC(C(=O)OC)CC2)ncn1. The smallest absolute Gasteiger partial charge is 0.308 e. The second-order valence-electron chi connectivity index (χ2n) is 4.89. The average Bonchev–Trinajstić information content (AvgIpc) is 2.48. The Kier molecular flexibility index (Phi) is 5.15. The zero-order valence-corrected chi connectivity index (χ0v) is 12.0. The van der Waals surface area contributed by atoms with Gasteiger partial charge in [-0.05, 0) is 32.6 Å². The van der Waals surface area contributed by atoms with E-state index in [0.29, 0.717) is 18.5 Å². The van der Waals surface area contributed by atoms with E-state index in [1.165, 1.54) is 13.4 Å². The van der Waals surface area contributed by atoms with E-state index in [0.717, 1.165) is 31.5 Å². The highest BCUT2D eigenvalue weighted by atomic mass is 16.5. The number of aromatic nitrogens is 2. The fourth-order valence-electron chi connectivity index (χ4n) is 2.49. The lowest BCUT2D eigenvalue weighted by Crippen LogP contribution is -2.30. The molecule has 0 saturated heterocycles. The molecule has 1 heterocycles. The van der Waals surface area contributed by atoms with Gasteiger partial charge in [-0.1, -0.05) is 0 Å². The number of esters is 1. The van der Waals surface area contributed by atoms with Crippen molar-refractivity contribution >= 4 is 11.8 Å². The van der Waals surface area contributed by atoms with Gasteiger partial charge in [-0.25, -0.2) is 9.97 Å². The first-order chi connectivity index (χ1) is 9.72. The van der Waals surface area contributed by atoms with E-state index in [1.54, 1.807) is 6.07 Å². The molecule has 1 aromatic heterocycles. The molecule has 110 valence electrons. The third-order valence-electron chi connectivity index (χ3n) is 3.55. The summed E-state index contributed by atoms with van der Waals surface area (Å²) in [5.74, 6) is 1.30. The van der Waals surface area contributed by atoms with E-state index in [4.69, 9.17) is 9.47 Å². The van der Waals surface area contributed by atoms with Gasteiger partial charge < -0.3 is 14.8 Å². The standard InChI is InChI=1S/C14H21N3O3/c1-3-20-13-8-12(15-9-16-13)17-11-6-4-10(5-7-11)14(18)19-2/h8-11H,3-7H2,1-2H3,(H,15,16,17). The lowest BCUT2D eigenvalue weighted by atomic mass is 9.86. The minimum atomic E-state index is -0.0934. The molecule has 0 unspecified atom stereocenters. The lowest BCUT2D eigenvalue weighted by Gasteiger charge is -2.27. The predicted molar refractivity (Wildman–Crippen MR) is 74.6 cm³/mol. The van der Waals surface area contributed by atoms with Crippen LogP contribution in [0.3, 0.4) is 0 Å². The fourth-order valence-corrected chi connectivity index (χ4v) is 2.49. The third kappa shape index (κ3) is 3.82. The second-order valence-corrected chi connectivity index (χ2v) is 4.89. The summed E-state index contributed by atoms with van der Waals surface area (Å²) < 4.78 is 10.1. The molecule has 1 fully saturated rings. The van der Waals surface area contributed by atoms with Gasteiger partial charge in [0.15, 0.2) is 0 Å². The summed E-state index contributed by atoms with van der Waals surface area (Å²) in [7, 11) is 1.45. The average molecular weight is 279 g/mol. The van der Waals surface area contributed by atoms with Crippen molar-refractivity contribution in [1.82, 2.24) is 9.97 Å². The third-order valence-corrected chi connectivity index (χ3v) is 3.55. The van der Waals surface area contributed by atoms with Gasteiger partial charge >= 0.3 is 5.97 Å². The number of nitrogens with one attached hydrogen (secondary N) is 1. The van der Waals surface area contributed by atoms with Gasteiger partial charge in [0, 0.05) is 12.1 Å². The molecule has 1 saturated carbocycles. The minimum absolute atomic E-state index is 0.0439. The zero-order valence-electron chi connectivity index (χ0n) is 12.0. The van der Waals surface area contributed by atoms with E-state index in [2.05, 4.69) is 15.3 Å². The summed E-state index contributed by atoms with van der Waals surface area (Å²) in [5, 5.41) is 3.37. The highest BCUT2D eigenvalue weighted by Crippen LogP contribution is 2.27. The van der Waals surface area contributed by atoms with Crippen LogP contribution in [0.5, 0.6) is 5.88 Å². The number of methoxy groups -OCH3 is 1. The molecule has 0 amide bonds. The highest BCUT2D eigenvalue weighted by Gasteiger charge is 2.26. The summed E-state index contributed by atoms with van der Waals surface area (Å²) in [6, 6.07) is 2.14. The molecule has 20 heavy (non-hydrogen) atoms. The molecule has 0 atom stereocenters. The van der Waals surface area contributed by atoms with Crippen LogP contribution in [0.1, 0.15) is 32.6 Å². The van der Waals surface area contributed by atoms with Crippen LogP contribution in [0.2, 0.25) is 0 Å². The van der Waals surface area contributed by atoms with Crippen molar-refractivity contribution in [2.45, 2.75) is 38.6 Å². The Hall–Kier alpha value is -1.85. The number of hydrogen-bond donors (Lipinski definition) is 1. The summed E-state index contributed by atoms with van der Waals surface area (Å²) in [4.78, 5) is 19.7. The summed E-state index contributed by atoms with van der Waals surface area (Å²) in [6.07, 6.45) is 5.08. The van der Waals surface area contributed by atoms with Gasteiger partial charge in [0.1, 0.15) is 12.1 Å². The number of rotatable bonds is 5. The Balaban J connectivity index is 1.86. The number of nitrogens with zero attached hydrogens (tertiary/aromatic N) is 2. The molecule has 0 bridgehead atoms. The summed E-state index contributed by atoms with van der Waals surface area (Å²) in [5.41, 5.74) is 0. The summed E-state index contributed by atoms with van der Waals surface area (Å²) in [6.45, 7) is 2.50. The van der Waals surface area contributed by atoms with Crippen LogP contribution >= 0.6 is 0 Å². The van der Waals surface area contributed by atoms with Crippen LogP contribution in [-0.2, 0) is 9.53 Å². The Morgan fingerprint density at radius 2 is 2.10 bits per heavy atom. The highest BCUT2D eigenvalue weighted by molar-refractivity contribution is 5.72. The van der Waals surface area contributed by atoms with Crippen molar-refractivity contribution in [1.29, 1.82) is 0 Å². The molecule has 6 heteroatoms. The number of carbonyl (C=O) groups is 1. The monoisotopic (exact) mass is 279 g/mol. The molecular weight excluding hydrogens is 258 g/mol. The van der Waals surface area contributed by atoms with Crippen molar-refractivity contribution in [3.63, 3.8) is 0 Å². The van der Waals surface area contributed by atoms with Crippen LogP contribution in [0.15, 0.2) is 12.4 Å². The molecule has 6 nitrogen and oxygen atoms in total. The maximum atomic E-state index is 11.5. The topological polar surface area (TPSA) is 73.3 Å². The quantitative estimate of drug-likeness (QED) is 0.831. The zero-order chi connectivity index (χ0) is 14.4. The minimum Gasteiger partial charge on any atom is -0.478 e. The Morgan fingerprint density at radius 3 is 2.75 bits per heavy atom.